The summed E-state index contributed by atoms with van der Waals surface area (Å²) in [6, 6.07) is 20.6. The zero-order valence-electron chi connectivity index (χ0n) is 20.7. The molecule has 0 atom stereocenters. The molecule has 4 rings (SSSR count). The lowest BCUT2D eigenvalue weighted by atomic mass is 10.1. The van der Waals surface area contributed by atoms with Crippen LogP contribution in [-0.4, -0.2) is 54.9 Å². The van der Waals surface area contributed by atoms with E-state index in [4.69, 9.17) is 4.74 Å². The van der Waals surface area contributed by atoms with E-state index in [-0.39, 0.29) is 6.42 Å². The second-order valence-electron chi connectivity index (χ2n) is 9.28. The number of benzene rings is 3. The van der Waals surface area contributed by atoms with E-state index in [1.54, 1.807) is 18.2 Å². The Kier molecular flexibility index (Phi) is 8.08. The van der Waals surface area contributed by atoms with Gasteiger partial charge in [0.2, 0.25) is 10.0 Å². The number of aliphatic carboxylic acids is 1. The van der Waals surface area contributed by atoms with Crippen molar-refractivity contribution in [3.63, 3.8) is 0 Å². The monoisotopic (exact) mass is 508 g/mol. The van der Waals surface area contributed by atoms with E-state index < -0.39 is 16.0 Å². The normalized spacial score (nSPS) is 15.1. The Balaban J connectivity index is 1.44. The third-order valence-electron chi connectivity index (χ3n) is 6.38. The summed E-state index contributed by atoms with van der Waals surface area (Å²) in [6.07, 6.45) is -0.0617. The van der Waals surface area contributed by atoms with Gasteiger partial charge in [-0.1, -0.05) is 59.7 Å². The Morgan fingerprint density at radius 3 is 2.06 bits per heavy atom. The van der Waals surface area contributed by atoms with Crippen LogP contribution in [0, 0.1) is 13.8 Å². The minimum absolute atomic E-state index is 0.0617. The van der Waals surface area contributed by atoms with Gasteiger partial charge in [-0.2, -0.15) is 4.31 Å². The maximum atomic E-state index is 13.0. The van der Waals surface area contributed by atoms with Crippen LogP contribution in [0.3, 0.4) is 0 Å². The number of sulfonamides is 1. The first-order chi connectivity index (χ1) is 17.2. The predicted octanol–water partition coefficient (Wildman–Crippen LogP) is 4.02. The molecule has 7 nitrogen and oxygen atoms in total. The largest absolute Gasteiger partial charge is 0.489 e. The van der Waals surface area contributed by atoms with Gasteiger partial charge in [-0.15, -0.1) is 0 Å². The first-order valence-corrected chi connectivity index (χ1v) is 13.5. The molecule has 3 aromatic carbocycles. The van der Waals surface area contributed by atoms with Gasteiger partial charge in [0, 0.05) is 38.3 Å². The molecule has 0 bridgehead atoms. The van der Waals surface area contributed by atoms with E-state index in [0.717, 1.165) is 16.7 Å². The molecule has 8 heteroatoms. The molecule has 0 radical (unpaired) electrons. The Morgan fingerprint density at radius 1 is 0.861 bits per heavy atom. The number of hydrogen-bond donors (Lipinski definition) is 1. The van der Waals surface area contributed by atoms with E-state index in [9.17, 15) is 18.3 Å². The summed E-state index contributed by atoms with van der Waals surface area (Å²) in [7, 11) is -3.53. The molecule has 1 aliphatic heterocycles. The Morgan fingerprint density at radius 2 is 1.44 bits per heavy atom. The Labute approximate surface area is 213 Å². The molecule has 0 aromatic heterocycles. The average Bonchev–Trinajstić information content (AvgIpc) is 2.85. The van der Waals surface area contributed by atoms with E-state index in [1.807, 2.05) is 62.4 Å². The molecule has 0 spiro atoms. The van der Waals surface area contributed by atoms with Crippen LogP contribution in [0.5, 0.6) is 5.75 Å². The topological polar surface area (TPSA) is 87.2 Å². The third kappa shape index (κ3) is 6.51. The number of hydrogen-bond acceptors (Lipinski definition) is 5. The van der Waals surface area contributed by atoms with Crippen LogP contribution in [0.2, 0.25) is 0 Å². The fraction of sp³-hybridized carbons (Fsp3) is 0.321. The highest BCUT2D eigenvalue weighted by molar-refractivity contribution is 7.89. The standard InChI is InChI=1S/C28H32N2O5S/c1-21-3-7-23(8-4-21)20-35-27-12-9-24(18-28(31)32)17-25(27)19-29-13-15-30(16-14-29)36(33,34)26-10-5-22(2)6-11-26/h3-12,17H,13-16,18-20H2,1-2H3,(H,31,32). The van der Waals surface area contributed by atoms with Crippen molar-refractivity contribution < 1.29 is 23.1 Å². The molecule has 36 heavy (non-hydrogen) atoms. The highest BCUT2D eigenvalue weighted by Gasteiger charge is 2.28. The average molecular weight is 509 g/mol. The van der Waals surface area contributed by atoms with Crippen LogP contribution in [-0.2, 0) is 34.4 Å². The summed E-state index contributed by atoms with van der Waals surface area (Å²) >= 11 is 0. The SMILES string of the molecule is Cc1ccc(COc2ccc(CC(=O)O)cc2CN2CCN(S(=O)(=O)c3ccc(C)cc3)CC2)cc1. The van der Waals surface area contributed by atoms with E-state index in [1.165, 1.54) is 9.87 Å². The van der Waals surface area contributed by atoms with Crippen molar-refractivity contribution in [2.24, 2.45) is 0 Å². The lowest BCUT2D eigenvalue weighted by Gasteiger charge is -2.34. The first kappa shape index (κ1) is 25.9. The van der Waals surface area contributed by atoms with Gasteiger partial charge in [0.25, 0.3) is 0 Å². The fourth-order valence-electron chi connectivity index (χ4n) is 4.26. The van der Waals surface area contributed by atoms with Crippen molar-refractivity contribution in [1.29, 1.82) is 0 Å². The molecular weight excluding hydrogens is 476 g/mol. The zero-order chi connectivity index (χ0) is 25.7. The number of rotatable bonds is 9. The van der Waals surface area contributed by atoms with Crippen molar-refractivity contribution in [3.8, 4) is 5.75 Å². The number of carboxylic acids is 1. The number of ether oxygens (including phenoxy) is 1. The van der Waals surface area contributed by atoms with E-state index >= 15 is 0 Å². The van der Waals surface area contributed by atoms with Crippen LogP contribution < -0.4 is 4.74 Å². The summed E-state index contributed by atoms with van der Waals surface area (Å²) in [5.41, 5.74) is 4.86. The zero-order valence-corrected chi connectivity index (χ0v) is 21.5. The maximum absolute atomic E-state index is 13.0. The highest BCUT2D eigenvalue weighted by Crippen LogP contribution is 2.25. The molecule has 190 valence electrons. The van der Waals surface area contributed by atoms with Gasteiger partial charge >= 0.3 is 5.97 Å². The van der Waals surface area contributed by atoms with Crippen molar-refractivity contribution in [1.82, 2.24) is 9.21 Å². The molecule has 1 fully saturated rings. The lowest BCUT2D eigenvalue weighted by molar-refractivity contribution is -0.136. The smallest absolute Gasteiger partial charge is 0.307 e. The quantitative estimate of drug-likeness (QED) is 0.470. The van der Waals surface area contributed by atoms with Gasteiger partial charge in [-0.3, -0.25) is 9.69 Å². The summed E-state index contributed by atoms with van der Waals surface area (Å²) in [4.78, 5) is 13.7. The number of piperazine rings is 1. The Hall–Kier alpha value is -3.20. The third-order valence-corrected chi connectivity index (χ3v) is 8.29. The molecular formula is C28H32N2O5S. The summed E-state index contributed by atoms with van der Waals surface area (Å²) in [5, 5.41) is 9.23. The van der Waals surface area contributed by atoms with Crippen LogP contribution in [0.1, 0.15) is 27.8 Å². The molecule has 1 aliphatic rings. The van der Waals surface area contributed by atoms with Gasteiger partial charge < -0.3 is 9.84 Å². The fourth-order valence-corrected chi connectivity index (χ4v) is 5.68. The number of aryl methyl sites for hydroxylation is 2. The van der Waals surface area contributed by atoms with Crippen molar-refractivity contribution in [2.75, 3.05) is 26.2 Å². The van der Waals surface area contributed by atoms with Crippen LogP contribution in [0.25, 0.3) is 0 Å². The van der Waals surface area contributed by atoms with E-state index in [2.05, 4.69) is 4.90 Å². The molecule has 0 saturated carbocycles. The summed E-state index contributed by atoms with van der Waals surface area (Å²) in [5.74, 6) is -0.177. The van der Waals surface area contributed by atoms with Gasteiger partial charge in [0.1, 0.15) is 12.4 Å². The summed E-state index contributed by atoms with van der Waals surface area (Å²) in [6.45, 7) is 6.87. The van der Waals surface area contributed by atoms with Crippen LogP contribution in [0.4, 0.5) is 0 Å². The molecule has 0 amide bonds. The van der Waals surface area contributed by atoms with Gasteiger partial charge in [-0.25, -0.2) is 8.42 Å². The van der Waals surface area contributed by atoms with E-state index in [0.29, 0.717) is 55.5 Å². The molecule has 3 aromatic rings. The molecule has 1 heterocycles. The minimum atomic E-state index is -3.53. The number of carboxylic acid groups (broad SMARTS) is 1. The second kappa shape index (κ2) is 11.2. The lowest BCUT2D eigenvalue weighted by Crippen LogP contribution is -2.48. The molecule has 1 N–H and O–H groups in total. The van der Waals surface area contributed by atoms with Gasteiger partial charge in [0.15, 0.2) is 0 Å². The second-order valence-corrected chi connectivity index (χ2v) is 11.2. The molecule has 0 unspecified atom stereocenters. The van der Waals surface area contributed by atoms with Crippen LogP contribution >= 0.6 is 0 Å². The van der Waals surface area contributed by atoms with Gasteiger partial charge in [0.05, 0.1) is 11.3 Å². The predicted molar refractivity (Wildman–Crippen MR) is 139 cm³/mol. The number of carbonyl (C=O) groups is 1. The van der Waals surface area contributed by atoms with Crippen LogP contribution in [0.15, 0.2) is 71.6 Å². The van der Waals surface area contributed by atoms with Crippen molar-refractivity contribution in [3.05, 3.63) is 94.5 Å². The van der Waals surface area contributed by atoms with Crippen molar-refractivity contribution >= 4 is 16.0 Å². The first-order valence-electron chi connectivity index (χ1n) is 12.0. The highest BCUT2D eigenvalue weighted by atomic mass is 32.2. The minimum Gasteiger partial charge on any atom is -0.489 e. The Bertz CT molecular complexity index is 1300. The number of nitrogens with zero attached hydrogens (tertiary/aromatic N) is 2. The van der Waals surface area contributed by atoms with Crippen molar-refractivity contribution in [2.45, 2.75) is 38.3 Å². The maximum Gasteiger partial charge on any atom is 0.307 e. The molecule has 0 aliphatic carbocycles. The summed E-state index contributed by atoms with van der Waals surface area (Å²) < 4.78 is 33.7. The molecule has 1 saturated heterocycles. The van der Waals surface area contributed by atoms with Gasteiger partial charge in [-0.05, 0) is 43.2 Å².